The van der Waals surface area contributed by atoms with Crippen molar-refractivity contribution in [2.24, 2.45) is 0 Å². The van der Waals surface area contributed by atoms with Crippen molar-refractivity contribution in [3.05, 3.63) is 52.4 Å². The van der Waals surface area contributed by atoms with E-state index in [0.29, 0.717) is 25.3 Å². The molecule has 0 spiro atoms. The van der Waals surface area contributed by atoms with Gasteiger partial charge < -0.3 is 14.5 Å². The molecule has 1 aliphatic heterocycles. The molecule has 138 valence electrons. The van der Waals surface area contributed by atoms with E-state index >= 15 is 0 Å². The Morgan fingerprint density at radius 1 is 1.23 bits per heavy atom. The van der Waals surface area contributed by atoms with Gasteiger partial charge in [-0.25, -0.2) is 4.68 Å². The summed E-state index contributed by atoms with van der Waals surface area (Å²) in [5.74, 6) is 0.743. The molecule has 0 saturated carbocycles. The number of anilines is 1. The first-order valence-electron chi connectivity index (χ1n) is 8.72. The Labute approximate surface area is 152 Å². The van der Waals surface area contributed by atoms with Gasteiger partial charge in [0.15, 0.2) is 0 Å². The van der Waals surface area contributed by atoms with Crippen LogP contribution in [0.25, 0.3) is 0 Å². The Morgan fingerprint density at radius 3 is 2.73 bits per heavy atom. The van der Waals surface area contributed by atoms with Crippen molar-refractivity contribution < 1.29 is 9.53 Å². The average molecular weight is 356 g/mol. The molecule has 2 heterocycles. The van der Waals surface area contributed by atoms with E-state index in [1.165, 1.54) is 10.7 Å². The monoisotopic (exact) mass is 356 g/mol. The highest BCUT2D eigenvalue weighted by Gasteiger charge is 2.28. The summed E-state index contributed by atoms with van der Waals surface area (Å²) in [5.41, 5.74) is 1.49. The number of methoxy groups -OCH3 is 1. The summed E-state index contributed by atoms with van der Waals surface area (Å²) in [6, 6.07) is 11.0. The number of rotatable bonds is 4. The predicted molar refractivity (Wildman–Crippen MR) is 99.6 cm³/mol. The molecule has 1 aromatic heterocycles. The van der Waals surface area contributed by atoms with Crippen molar-refractivity contribution in [3.63, 3.8) is 0 Å². The van der Waals surface area contributed by atoms with E-state index in [4.69, 9.17) is 4.74 Å². The van der Waals surface area contributed by atoms with E-state index in [9.17, 15) is 9.59 Å². The molecule has 7 heteroatoms. The molecule has 1 atom stereocenters. The maximum absolute atomic E-state index is 12.7. The SMILES string of the molecule is COc1ccccc1N1CCN(C(=O)Cn2nc(C)ccc2=O)[C@H](C)C1. The zero-order valence-corrected chi connectivity index (χ0v) is 15.4. The van der Waals surface area contributed by atoms with Gasteiger partial charge in [-0.2, -0.15) is 5.10 Å². The molecule has 1 saturated heterocycles. The van der Waals surface area contributed by atoms with Crippen LogP contribution < -0.4 is 15.2 Å². The lowest BCUT2D eigenvalue weighted by molar-refractivity contribution is -0.134. The van der Waals surface area contributed by atoms with Gasteiger partial charge in [-0.05, 0) is 32.0 Å². The molecule has 1 fully saturated rings. The molecule has 26 heavy (non-hydrogen) atoms. The maximum atomic E-state index is 12.7. The number of aromatic nitrogens is 2. The molecule has 1 aromatic carbocycles. The molecule has 1 amide bonds. The first kappa shape index (κ1) is 18.0. The second-order valence-corrected chi connectivity index (χ2v) is 6.52. The third kappa shape index (κ3) is 3.71. The van der Waals surface area contributed by atoms with Gasteiger partial charge in [0.1, 0.15) is 12.3 Å². The van der Waals surface area contributed by atoms with E-state index in [0.717, 1.165) is 11.4 Å². The summed E-state index contributed by atoms with van der Waals surface area (Å²) in [4.78, 5) is 28.6. The number of aryl methyl sites for hydroxylation is 1. The molecule has 0 radical (unpaired) electrons. The lowest BCUT2D eigenvalue weighted by Gasteiger charge is -2.41. The minimum Gasteiger partial charge on any atom is -0.495 e. The van der Waals surface area contributed by atoms with Crippen LogP contribution in [-0.2, 0) is 11.3 Å². The van der Waals surface area contributed by atoms with Gasteiger partial charge in [-0.15, -0.1) is 0 Å². The van der Waals surface area contributed by atoms with Gasteiger partial charge in [0.2, 0.25) is 5.91 Å². The zero-order chi connectivity index (χ0) is 18.7. The number of ether oxygens (including phenoxy) is 1. The van der Waals surface area contributed by atoms with Crippen LogP contribution in [0.5, 0.6) is 5.75 Å². The molecule has 7 nitrogen and oxygen atoms in total. The van der Waals surface area contributed by atoms with Crippen molar-refractivity contribution >= 4 is 11.6 Å². The van der Waals surface area contributed by atoms with Gasteiger partial charge in [-0.1, -0.05) is 12.1 Å². The first-order chi connectivity index (χ1) is 12.5. The van der Waals surface area contributed by atoms with Crippen LogP contribution in [0.4, 0.5) is 5.69 Å². The minimum absolute atomic E-state index is 0.0283. The summed E-state index contributed by atoms with van der Waals surface area (Å²) >= 11 is 0. The molecule has 3 rings (SSSR count). The quantitative estimate of drug-likeness (QED) is 0.826. The zero-order valence-electron chi connectivity index (χ0n) is 15.4. The average Bonchev–Trinajstić information content (AvgIpc) is 2.64. The number of hydrogen-bond donors (Lipinski definition) is 0. The lowest BCUT2D eigenvalue weighted by atomic mass is 10.1. The molecular weight excluding hydrogens is 332 g/mol. The number of amides is 1. The third-order valence-electron chi connectivity index (χ3n) is 4.66. The van der Waals surface area contributed by atoms with E-state index in [1.807, 2.05) is 36.1 Å². The number of carbonyl (C=O) groups excluding carboxylic acids is 1. The molecule has 0 N–H and O–H groups in total. The summed E-state index contributed by atoms with van der Waals surface area (Å²) in [6.07, 6.45) is 0. The molecule has 0 aliphatic carbocycles. The first-order valence-corrected chi connectivity index (χ1v) is 8.72. The third-order valence-corrected chi connectivity index (χ3v) is 4.66. The van der Waals surface area contributed by atoms with E-state index in [1.54, 1.807) is 20.1 Å². The van der Waals surface area contributed by atoms with Crippen molar-refractivity contribution in [2.75, 3.05) is 31.6 Å². The van der Waals surface area contributed by atoms with Crippen LogP contribution in [0.3, 0.4) is 0 Å². The number of nitrogens with zero attached hydrogens (tertiary/aromatic N) is 4. The predicted octanol–water partition coefficient (Wildman–Crippen LogP) is 1.30. The summed E-state index contributed by atoms with van der Waals surface area (Å²) in [7, 11) is 1.66. The van der Waals surface area contributed by atoms with Gasteiger partial charge in [-0.3, -0.25) is 9.59 Å². The topological polar surface area (TPSA) is 67.7 Å². The molecule has 0 unspecified atom stereocenters. The van der Waals surface area contributed by atoms with Crippen molar-refractivity contribution in [3.8, 4) is 5.75 Å². The second kappa shape index (κ2) is 7.59. The minimum atomic E-state index is -0.260. The van der Waals surface area contributed by atoms with Gasteiger partial charge in [0, 0.05) is 31.7 Å². The fraction of sp³-hybridized carbons (Fsp3) is 0.421. The molecule has 1 aliphatic rings. The number of benzene rings is 1. The number of hydrogen-bond acceptors (Lipinski definition) is 5. The Hall–Kier alpha value is -2.83. The maximum Gasteiger partial charge on any atom is 0.267 e. The van der Waals surface area contributed by atoms with Crippen molar-refractivity contribution in [1.29, 1.82) is 0 Å². The van der Waals surface area contributed by atoms with E-state index < -0.39 is 0 Å². The largest absolute Gasteiger partial charge is 0.495 e. The van der Waals surface area contributed by atoms with Crippen molar-refractivity contribution in [1.82, 2.24) is 14.7 Å². The van der Waals surface area contributed by atoms with E-state index in [-0.39, 0.29) is 24.1 Å². The smallest absolute Gasteiger partial charge is 0.267 e. The number of piperazine rings is 1. The highest BCUT2D eigenvalue weighted by Crippen LogP contribution is 2.29. The van der Waals surface area contributed by atoms with Gasteiger partial charge in [0.05, 0.1) is 18.5 Å². The highest BCUT2D eigenvalue weighted by molar-refractivity contribution is 5.76. The Kier molecular flexibility index (Phi) is 5.25. The molecular formula is C19H24N4O3. The Bertz CT molecular complexity index is 849. The highest BCUT2D eigenvalue weighted by atomic mass is 16.5. The fourth-order valence-electron chi connectivity index (χ4n) is 3.32. The summed E-state index contributed by atoms with van der Waals surface area (Å²) in [5, 5.41) is 4.15. The van der Waals surface area contributed by atoms with Crippen molar-refractivity contribution in [2.45, 2.75) is 26.4 Å². The van der Waals surface area contributed by atoms with Crippen LogP contribution in [0.1, 0.15) is 12.6 Å². The van der Waals surface area contributed by atoms with Crippen LogP contribution in [-0.4, -0.2) is 53.4 Å². The number of para-hydroxylation sites is 2. The lowest BCUT2D eigenvalue weighted by Crippen LogP contribution is -2.55. The van der Waals surface area contributed by atoms with Gasteiger partial charge in [0.25, 0.3) is 5.56 Å². The normalized spacial score (nSPS) is 17.3. The number of carbonyl (C=O) groups is 1. The van der Waals surface area contributed by atoms with Crippen LogP contribution in [0.15, 0.2) is 41.2 Å². The second-order valence-electron chi connectivity index (χ2n) is 6.52. The standard InChI is InChI=1S/C19H24N4O3/c1-14-8-9-18(24)23(20-14)13-19(25)22-11-10-21(12-15(22)2)16-6-4-5-7-17(16)26-3/h4-9,15H,10-13H2,1-3H3/t15-/m1/s1. The van der Waals surface area contributed by atoms with Gasteiger partial charge >= 0.3 is 0 Å². The van der Waals surface area contributed by atoms with Crippen LogP contribution >= 0.6 is 0 Å². The Balaban J connectivity index is 1.69. The molecule has 2 aromatic rings. The molecule has 0 bridgehead atoms. The summed E-state index contributed by atoms with van der Waals surface area (Å²) < 4.78 is 6.68. The summed E-state index contributed by atoms with van der Waals surface area (Å²) in [6.45, 7) is 5.81. The fourth-order valence-corrected chi connectivity index (χ4v) is 3.32. The Morgan fingerprint density at radius 2 is 2.00 bits per heavy atom. The van der Waals surface area contributed by atoms with Crippen LogP contribution in [0.2, 0.25) is 0 Å². The van der Waals surface area contributed by atoms with E-state index in [2.05, 4.69) is 10.00 Å². The van der Waals surface area contributed by atoms with Crippen LogP contribution in [0, 0.1) is 6.92 Å².